The summed E-state index contributed by atoms with van der Waals surface area (Å²) in [7, 11) is 0. The molecule has 0 aliphatic carbocycles. The Morgan fingerprint density at radius 3 is 3.10 bits per heavy atom. The van der Waals surface area contributed by atoms with Gasteiger partial charge in [-0.05, 0) is 12.1 Å². The quantitative estimate of drug-likeness (QED) is 0.811. The Labute approximate surface area is 125 Å². The zero-order chi connectivity index (χ0) is 14.7. The molecule has 0 bridgehead atoms. The monoisotopic (exact) mass is 306 g/mol. The normalized spacial score (nSPS) is 13.2. The number of fused-ring (bicyclic) bond motifs is 1. The van der Waals surface area contributed by atoms with E-state index < -0.39 is 5.97 Å². The molecule has 3 rings (SSSR count). The zero-order valence-electron chi connectivity index (χ0n) is 10.9. The van der Waals surface area contributed by atoms with E-state index >= 15 is 0 Å². The Morgan fingerprint density at radius 2 is 2.29 bits per heavy atom. The minimum Gasteiger partial charge on any atom is -0.467 e. The molecule has 0 atom stereocenters. The molecule has 2 heterocycles. The van der Waals surface area contributed by atoms with Gasteiger partial charge in [-0.15, -0.1) is 0 Å². The third-order valence-corrected chi connectivity index (χ3v) is 3.10. The lowest BCUT2D eigenvalue weighted by atomic mass is 10.1. The number of halogens is 1. The molecule has 0 fully saturated rings. The van der Waals surface area contributed by atoms with Crippen LogP contribution in [0.1, 0.15) is 21.6 Å². The van der Waals surface area contributed by atoms with E-state index in [1.807, 2.05) is 0 Å². The third kappa shape index (κ3) is 3.12. The fourth-order valence-corrected chi connectivity index (χ4v) is 2.25. The standard InChI is InChI=1S/C14H11ClN2O4/c15-11-3-9-6-19-8-21-13(9)10(4-11)7-20-14(18)12-5-16-1-2-17-12/h1-5H,6-8H2. The number of esters is 1. The minimum atomic E-state index is -0.552. The predicted molar refractivity (Wildman–Crippen MR) is 72.9 cm³/mol. The van der Waals surface area contributed by atoms with Crippen molar-refractivity contribution in [2.45, 2.75) is 13.2 Å². The van der Waals surface area contributed by atoms with Crippen molar-refractivity contribution in [3.63, 3.8) is 0 Å². The van der Waals surface area contributed by atoms with E-state index in [1.54, 1.807) is 12.1 Å². The molecule has 1 aromatic carbocycles. The van der Waals surface area contributed by atoms with Crippen molar-refractivity contribution in [1.29, 1.82) is 0 Å². The molecule has 6 nitrogen and oxygen atoms in total. The number of hydrogen-bond donors (Lipinski definition) is 0. The topological polar surface area (TPSA) is 70.5 Å². The second-order valence-corrected chi connectivity index (χ2v) is 4.77. The van der Waals surface area contributed by atoms with Gasteiger partial charge in [-0.25, -0.2) is 9.78 Å². The van der Waals surface area contributed by atoms with E-state index in [1.165, 1.54) is 18.6 Å². The molecule has 0 saturated heterocycles. The summed E-state index contributed by atoms with van der Waals surface area (Å²) < 4.78 is 15.9. The molecular formula is C14H11ClN2O4. The maximum absolute atomic E-state index is 11.8. The van der Waals surface area contributed by atoms with Crippen LogP contribution in [0.3, 0.4) is 0 Å². The molecule has 1 aliphatic heterocycles. The van der Waals surface area contributed by atoms with Crippen LogP contribution in [0, 0.1) is 0 Å². The fraction of sp³-hybridized carbons (Fsp3) is 0.214. The van der Waals surface area contributed by atoms with Crippen molar-refractivity contribution in [2.24, 2.45) is 0 Å². The summed E-state index contributed by atoms with van der Waals surface area (Å²) >= 11 is 6.04. The SMILES string of the molecule is O=C(OCc1cc(Cl)cc2c1OCOC2)c1cnccn1. The second-order valence-electron chi connectivity index (χ2n) is 4.33. The molecule has 1 aromatic heterocycles. The summed E-state index contributed by atoms with van der Waals surface area (Å²) in [6.45, 7) is 0.624. The van der Waals surface area contributed by atoms with Crippen molar-refractivity contribution >= 4 is 17.6 Å². The van der Waals surface area contributed by atoms with Crippen molar-refractivity contribution in [2.75, 3.05) is 6.79 Å². The van der Waals surface area contributed by atoms with Crippen LogP contribution in [0.25, 0.3) is 0 Å². The van der Waals surface area contributed by atoms with Crippen LogP contribution < -0.4 is 4.74 Å². The van der Waals surface area contributed by atoms with Crippen LogP contribution >= 0.6 is 11.6 Å². The number of ether oxygens (including phenoxy) is 3. The number of benzene rings is 1. The van der Waals surface area contributed by atoms with Gasteiger partial charge in [0.25, 0.3) is 0 Å². The van der Waals surface area contributed by atoms with Crippen LogP contribution in [0.4, 0.5) is 0 Å². The number of nitrogens with zero attached hydrogens (tertiary/aromatic N) is 2. The molecule has 2 aromatic rings. The summed E-state index contributed by atoms with van der Waals surface area (Å²) in [6, 6.07) is 3.47. The van der Waals surface area contributed by atoms with Crippen LogP contribution in [-0.2, 0) is 22.7 Å². The van der Waals surface area contributed by atoms with E-state index in [2.05, 4.69) is 9.97 Å². The van der Waals surface area contributed by atoms with Crippen LogP contribution in [0.5, 0.6) is 5.75 Å². The summed E-state index contributed by atoms with van der Waals surface area (Å²) in [5.74, 6) is 0.0986. The molecule has 1 aliphatic rings. The van der Waals surface area contributed by atoms with Gasteiger partial charge in [0.15, 0.2) is 12.5 Å². The maximum Gasteiger partial charge on any atom is 0.358 e. The van der Waals surface area contributed by atoms with Gasteiger partial charge >= 0.3 is 5.97 Å². The lowest BCUT2D eigenvalue weighted by Gasteiger charge is -2.21. The Balaban J connectivity index is 1.76. The van der Waals surface area contributed by atoms with E-state index in [4.69, 9.17) is 25.8 Å². The minimum absolute atomic E-state index is 0.0400. The molecule has 21 heavy (non-hydrogen) atoms. The van der Waals surface area contributed by atoms with Gasteiger partial charge in [-0.3, -0.25) is 4.98 Å². The number of rotatable bonds is 3. The molecule has 0 spiro atoms. The summed E-state index contributed by atoms with van der Waals surface area (Å²) in [4.78, 5) is 19.5. The smallest absolute Gasteiger partial charge is 0.358 e. The van der Waals surface area contributed by atoms with E-state index in [0.29, 0.717) is 22.9 Å². The molecule has 108 valence electrons. The predicted octanol–water partition coefficient (Wildman–Crippen LogP) is 2.35. The Bertz CT molecular complexity index is 664. The first kappa shape index (κ1) is 13.8. The van der Waals surface area contributed by atoms with Gasteiger partial charge < -0.3 is 14.2 Å². The fourth-order valence-electron chi connectivity index (χ4n) is 1.99. The summed E-state index contributed by atoms with van der Waals surface area (Å²) in [6.07, 6.45) is 4.26. The Morgan fingerprint density at radius 1 is 1.38 bits per heavy atom. The average Bonchev–Trinajstić information content (AvgIpc) is 2.53. The van der Waals surface area contributed by atoms with Crippen molar-refractivity contribution in [3.8, 4) is 5.75 Å². The van der Waals surface area contributed by atoms with Gasteiger partial charge in [0.2, 0.25) is 0 Å². The summed E-state index contributed by atoms with van der Waals surface area (Å²) in [5, 5.41) is 0.536. The first-order valence-electron chi connectivity index (χ1n) is 6.19. The van der Waals surface area contributed by atoms with Gasteiger partial charge in [0.05, 0.1) is 12.8 Å². The van der Waals surface area contributed by atoms with Gasteiger partial charge in [0, 0.05) is 28.5 Å². The highest BCUT2D eigenvalue weighted by Gasteiger charge is 2.18. The highest BCUT2D eigenvalue weighted by Crippen LogP contribution is 2.32. The number of carbonyl (C=O) groups is 1. The van der Waals surface area contributed by atoms with E-state index in [-0.39, 0.29) is 19.1 Å². The lowest BCUT2D eigenvalue weighted by molar-refractivity contribution is -0.0180. The molecule has 7 heteroatoms. The first-order chi connectivity index (χ1) is 10.2. The molecule has 0 unspecified atom stereocenters. The van der Waals surface area contributed by atoms with E-state index in [9.17, 15) is 4.79 Å². The van der Waals surface area contributed by atoms with Crippen molar-refractivity contribution in [3.05, 3.63) is 52.6 Å². The van der Waals surface area contributed by atoms with Crippen molar-refractivity contribution < 1.29 is 19.0 Å². The van der Waals surface area contributed by atoms with Crippen LogP contribution in [0.15, 0.2) is 30.7 Å². The zero-order valence-corrected chi connectivity index (χ0v) is 11.7. The maximum atomic E-state index is 11.8. The van der Waals surface area contributed by atoms with Gasteiger partial charge in [0.1, 0.15) is 12.4 Å². The van der Waals surface area contributed by atoms with Crippen molar-refractivity contribution in [1.82, 2.24) is 9.97 Å². The lowest BCUT2D eigenvalue weighted by Crippen LogP contribution is -2.14. The largest absolute Gasteiger partial charge is 0.467 e. The molecule has 0 N–H and O–H groups in total. The highest BCUT2D eigenvalue weighted by molar-refractivity contribution is 6.30. The average molecular weight is 307 g/mol. The molecule has 0 radical (unpaired) electrons. The molecule has 0 saturated carbocycles. The number of carbonyl (C=O) groups excluding carboxylic acids is 1. The van der Waals surface area contributed by atoms with Crippen LogP contribution in [0.2, 0.25) is 5.02 Å². The van der Waals surface area contributed by atoms with Crippen LogP contribution in [-0.4, -0.2) is 22.7 Å². The Hall–Kier alpha value is -2.18. The second kappa shape index (κ2) is 6.07. The summed E-state index contributed by atoms with van der Waals surface area (Å²) in [5.41, 5.74) is 1.68. The number of aromatic nitrogens is 2. The highest BCUT2D eigenvalue weighted by atomic mass is 35.5. The van der Waals surface area contributed by atoms with Gasteiger partial charge in [-0.2, -0.15) is 0 Å². The van der Waals surface area contributed by atoms with Gasteiger partial charge in [-0.1, -0.05) is 11.6 Å². The molecular weight excluding hydrogens is 296 g/mol. The molecule has 0 amide bonds. The van der Waals surface area contributed by atoms with E-state index in [0.717, 1.165) is 5.56 Å². The first-order valence-corrected chi connectivity index (χ1v) is 6.57. The number of hydrogen-bond acceptors (Lipinski definition) is 6. The third-order valence-electron chi connectivity index (χ3n) is 2.88. The Kier molecular flexibility index (Phi) is 3.98.